The number of anilines is 1. The fraction of sp³-hybridized carbons (Fsp3) is 0.231. The summed E-state index contributed by atoms with van der Waals surface area (Å²) in [4.78, 5) is 18.0. The predicted octanol–water partition coefficient (Wildman–Crippen LogP) is 1.34. The van der Waals surface area contributed by atoms with E-state index in [-0.39, 0.29) is 11.5 Å². The first-order valence-electron chi connectivity index (χ1n) is 5.65. The molecule has 2 rings (SSSR count). The number of nitrogens with two attached hydrogens (primary N) is 1. The molecule has 0 aliphatic heterocycles. The van der Waals surface area contributed by atoms with Crippen LogP contribution in [0.3, 0.4) is 0 Å². The first kappa shape index (κ1) is 12.9. The van der Waals surface area contributed by atoms with E-state index in [0.717, 1.165) is 11.1 Å². The molecule has 3 N–H and O–H groups in total. The highest BCUT2D eigenvalue weighted by atomic mass is 16.5. The van der Waals surface area contributed by atoms with E-state index >= 15 is 0 Å². The van der Waals surface area contributed by atoms with E-state index in [2.05, 4.69) is 9.97 Å². The number of hydrogen-bond acceptors (Lipinski definition) is 5. The maximum absolute atomic E-state index is 11.4. The van der Waals surface area contributed by atoms with Crippen LogP contribution in [-0.2, 0) is 0 Å². The summed E-state index contributed by atoms with van der Waals surface area (Å²) in [5.74, 6) is 1.28. The van der Waals surface area contributed by atoms with Gasteiger partial charge in [0, 0.05) is 11.6 Å². The Morgan fingerprint density at radius 3 is 2.37 bits per heavy atom. The maximum Gasteiger partial charge on any atom is 0.252 e. The van der Waals surface area contributed by atoms with Gasteiger partial charge in [0.2, 0.25) is 5.95 Å². The minimum absolute atomic E-state index is 0.0803. The topological polar surface area (TPSA) is 90.2 Å². The Hall–Kier alpha value is -2.50. The fourth-order valence-corrected chi connectivity index (χ4v) is 1.87. The summed E-state index contributed by atoms with van der Waals surface area (Å²) < 4.78 is 10.5. The summed E-state index contributed by atoms with van der Waals surface area (Å²) in [6.07, 6.45) is 0. The Morgan fingerprint density at radius 1 is 1.16 bits per heavy atom. The molecule has 0 aliphatic rings. The molecule has 19 heavy (non-hydrogen) atoms. The molecule has 0 saturated carbocycles. The Labute approximate surface area is 110 Å². The zero-order chi connectivity index (χ0) is 14.0. The van der Waals surface area contributed by atoms with E-state index < -0.39 is 0 Å². The van der Waals surface area contributed by atoms with Crippen LogP contribution in [0.2, 0.25) is 0 Å². The van der Waals surface area contributed by atoms with Crippen molar-refractivity contribution in [2.45, 2.75) is 6.92 Å². The van der Waals surface area contributed by atoms with E-state index in [1.165, 1.54) is 6.07 Å². The molecule has 0 fully saturated rings. The van der Waals surface area contributed by atoms with Crippen molar-refractivity contribution in [3.8, 4) is 22.8 Å². The van der Waals surface area contributed by atoms with Gasteiger partial charge in [-0.05, 0) is 24.6 Å². The molecule has 2 aromatic rings. The molecule has 100 valence electrons. The van der Waals surface area contributed by atoms with E-state index in [4.69, 9.17) is 15.2 Å². The van der Waals surface area contributed by atoms with E-state index in [0.29, 0.717) is 17.2 Å². The van der Waals surface area contributed by atoms with Crippen LogP contribution in [-0.4, -0.2) is 24.2 Å². The number of rotatable bonds is 3. The van der Waals surface area contributed by atoms with E-state index in [9.17, 15) is 4.79 Å². The zero-order valence-corrected chi connectivity index (χ0v) is 11.0. The summed E-state index contributed by atoms with van der Waals surface area (Å²) in [6.45, 7) is 1.90. The van der Waals surface area contributed by atoms with Gasteiger partial charge in [-0.3, -0.25) is 9.78 Å². The summed E-state index contributed by atoms with van der Waals surface area (Å²) >= 11 is 0. The number of nitrogen functional groups attached to an aromatic ring is 1. The third-order valence-electron chi connectivity index (χ3n) is 2.77. The Kier molecular flexibility index (Phi) is 3.41. The smallest absolute Gasteiger partial charge is 0.252 e. The molecule has 1 heterocycles. The molecule has 0 aliphatic carbocycles. The van der Waals surface area contributed by atoms with Gasteiger partial charge in [-0.15, -0.1) is 0 Å². The quantitative estimate of drug-likeness (QED) is 0.870. The lowest BCUT2D eigenvalue weighted by Crippen LogP contribution is -2.10. The molecule has 0 saturated heterocycles. The maximum atomic E-state index is 11.4. The average Bonchev–Trinajstić information content (AvgIpc) is 2.37. The van der Waals surface area contributed by atoms with Gasteiger partial charge >= 0.3 is 0 Å². The van der Waals surface area contributed by atoms with Crippen LogP contribution in [0.4, 0.5) is 5.95 Å². The van der Waals surface area contributed by atoms with Gasteiger partial charge in [0.1, 0.15) is 0 Å². The Morgan fingerprint density at radius 2 is 1.79 bits per heavy atom. The van der Waals surface area contributed by atoms with Gasteiger partial charge in [0.25, 0.3) is 5.56 Å². The molecule has 0 radical (unpaired) electrons. The number of nitrogens with zero attached hydrogens (tertiary/aromatic N) is 1. The van der Waals surface area contributed by atoms with E-state index in [1.54, 1.807) is 20.3 Å². The van der Waals surface area contributed by atoms with Crippen molar-refractivity contribution in [2.24, 2.45) is 0 Å². The fourth-order valence-electron chi connectivity index (χ4n) is 1.87. The number of aromatic amines is 1. The number of H-pyrrole nitrogens is 1. The van der Waals surface area contributed by atoms with Gasteiger partial charge in [-0.25, -0.2) is 4.98 Å². The van der Waals surface area contributed by atoms with Gasteiger partial charge < -0.3 is 15.2 Å². The van der Waals surface area contributed by atoms with Crippen molar-refractivity contribution in [3.63, 3.8) is 0 Å². The molecule has 0 spiro atoms. The van der Waals surface area contributed by atoms with E-state index in [1.807, 2.05) is 13.0 Å². The molecule has 6 nitrogen and oxygen atoms in total. The number of benzene rings is 1. The lowest BCUT2D eigenvalue weighted by molar-refractivity contribution is 0.355. The van der Waals surface area contributed by atoms with Crippen LogP contribution in [0.25, 0.3) is 11.3 Å². The second kappa shape index (κ2) is 5.01. The monoisotopic (exact) mass is 261 g/mol. The first-order chi connectivity index (χ1) is 9.05. The number of methoxy groups -OCH3 is 2. The van der Waals surface area contributed by atoms with Crippen molar-refractivity contribution < 1.29 is 9.47 Å². The Bertz CT molecular complexity index is 665. The summed E-state index contributed by atoms with van der Waals surface area (Å²) in [7, 11) is 3.12. The molecule has 0 unspecified atom stereocenters. The highest BCUT2D eigenvalue weighted by molar-refractivity contribution is 5.68. The standard InChI is InChI=1S/C13H15N3O3/c1-7-4-10(18-2)11(19-3)5-8(7)9-6-12(17)16-13(14)15-9/h4-6H,1-3H3,(H3,14,15,16,17). The number of aromatic nitrogens is 2. The largest absolute Gasteiger partial charge is 0.493 e. The van der Waals surface area contributed by atoms with Gasteiger partial charge in [0.05, 0.1) is 19.9 Å². The zero-order valence-electron chi connectivity index (χ0n) is 11.0. The molecule has 0 atom stereocenters. The number of hydrogen-bond donors (Lipinski definition) is 2. The van der Waals surface area contributed by atoms with Gasteiger partial charge in [0.15, 0.2) is 11.5 Å². The first-order valence-corrected chi connectivity index (χ1v) is 5.65. The molecular formula is C13H15N3O3. The van der Waals surface area contributed by atoms with Gasteiger partial charge in [-0.2, -0.15) is 0 Å². The van der Waals surface area contributed by atoms with Crippen LogP contribution >= 0.6 is 0 Å². The average molecular weight is 261 g/mol. The van der Waals surface area contributed by atoms with Crippen LogP contribution in [0.1, 0.15) is 5.56 Å². The SMILES string of the molecule is COc1cc(C)c(-c2cc(=O)[nH]c(N)n2)cc1OC. The minimum Gasteiger partial charge on any atom is -0.493 e. The minimum atomic E-state index is -0.295. The van der Waals surface area contributed by atoms with Crippen LogP contribution in [0, 0.1) is 6.92 Å². The summed E-state index contributed by atoms with van der Waals surface area (Å²) in [5, 5.41) is 0. The Balaban J connectivity index is 2.64. The van der Waals surface area contributed by atoms with Crippen molar-refractivity contribution in [1.29, 1.82) is 0 Å². The van der Waals surface area contributed by atoms with Crippen LogP contribution in [0.15, 0.2) is 23.0 Å². The predicted molar refractivity (Wildman–Crippen MR) is 72.5 cm³/mol. The lowest BCUT2D eigenvalue weighted by Gasteiger charge is -2.12. The normalized spacial score (nSPS) is 10.3. The van der Waals surface area contributed by atoms with Crippen molar-refractivity contribution in [3.05, 3.63) is 34.1 Å². The number of aryl methyl sites for hydroxylation is 1. The summed E-state index contributed by atoms with van der Waals surface area (Å²) in [6, 6.07) is 4.99. The highest BCUT2D eigenvalue weighted by Gasteiger charge is 2.12. The highest BCUT2D eigenvalue weighted by Crippen LogP contribution is 2.34. The second-order valence-corrected chi connectivity index (χ2v) is 4.04. The van der Waals surface area contributed by atoms with Crippen LogP contribution < -0.4 is 20.8 Å². The van der Waals surface area contributed by atoms with Crippen molar-refractivity contribution in [2.75, 3.05) is 20.0 Å². The molecular weight excluding hydrogens is 246 g/mol. The second-order valence-electron chi connectivity index (χ2n) is 4.04. The van der Waals surface area contributed by atoms with Crippen LogP contribution in [0.5, 0.6) is 11.5 Å². The van der Waals surface area contributed by atoms with Crippen molar-refractivity contribution >= 4 is 5.95 Å². The van der Waals surface area contributed by atoms with Gasteiger partial charge in [-0.1, -0.05) is 0 Å². The molecule has 1 aromatic heterocycles. The molecule has 0 bridgehead atoms. The third kappa shape index (κ3) is 2.52. The van der Waals surface area contributed by atoms with Crippen molar-refractivity contribution in [1.82, 2.24) is 9.97 Å². The molecule has 1 aromatic carbocycles. The number of ether oxygens (including phenoxy) is 2. The molecule has 6 heteroatoms. The third-order valence-corrected chi connectivity index (χ3v) is 2.77. The summed E-state index contributed by atoms with van der Waals surface area (Å²) in [5.41, 5.74) is 7.44. The molecule has 0 amide bonds. The lowest BCUT2D eigenvalue weighted by atomic mass is 10.0. The number of nitrogens with one attached hydrogen (secondary N) is 1.